The van der Waals surface area contributed by atoms with E-state index in [-0.39, 0.29) is 6.04 Å². The van der Waals surface area contributed by atoms with E-state index in [9.17, 15) is 0 Å². The molecule has 0 spiro atoms. The van der Waals surface area contributed by atoms with Gasteiger partial charge in [0.15, 0.2) is 10.8 Å². The summed E-state index contributed by atoms with van der Waals surface area (Å²) in [7, 11) is 0. The van der Waals surface area contributed by atoms with Crippen molar-refractivity contribution in [1.29, 1.82) is 0 Å². The van der Waals surface area contributed by atoms with E-state index in [4.69, 9.17) is 17.0 Å². The lowest BCUT2D eigenvalue weighted by Gasteiger charge is -2.52. The first-order valence-electron chi connectivity index (χ1n) is 7.62. The second-order valence-electron chi connectivity index (χ2n) is 6.34. The monoisotopic (exact) mass is 388 g/mol. The minimum atomic E-state index is -0.485. The summed E-state index contributed by atoms with van der Waals surface area (Å²) in [6.45, 7) is 4.20. The minimum absolute atomic E-state index is 0.176. The van der Waals surface area contributed by atoms with E-state index < -0.39 is 5.72 Å². The standard InChI is InChI=1S/C18H17BrN2OS/c1-11-4-3-5-13(8-11)21-17(23)20-15-10-18(21,2)22-16-7-6-12(19)9-14(15)16/h3-9,15H,10H2,1-2H3,(H,20,23)/t15-,18+/m0/s1. The van der Waals surface area contributed by atoms with Gasteiger partial charge >= 0.3 is 0 Å². The van der Waals surface area contributed by atoms with Crippen molar-refractivity contribution in [3.05, 3.63) is 58.1 Å². The van der Waals surface area contributed by atoms with E-state index in [1.807, 2.05) is 12.1 Å². The van der Waals surface area contributed by atoms with Crippen LogP contribution in [0.2, 0.25) is 0 Å². The number of hydrogen-bond donors (Lipinski definition) is 1. The third-order valence-corrected chi connectivity index (χ3v) is 5.29. The van der Waals surface area contributed by atoms with Crippen molar-refractivity contribution in [2.75, 3.05) is 4.90 Å². The number of thiocarbonyl (C=S) groups is 1. The highest BCUT2D eigenvalue weighted by molar-refractivity contribution is 9.10. The van der Waals surface area contributed by atoms with E-state index >= 15 is 0 Å². The predicted octanol–water partition coefficient (Wildman–Crippen LogP) is 4.69. The maximum absolute atomic E-state index is 6.40. The summed E-state index contributed by atoms with van der Waals surface area (Å²) in [5.41, 5.74) is 2.94. The van der Waals surface area contributed by atoms with Gasteiger partial charge in [-0.2, -0.15) is 0 Å². The molecule has 118 valence electrons. The third-order valence-electron chi connectivity index (χ3n) is 4.49. The SMILES string of the molecule is Cc1cccc(N2C(=S)N[C@H]3C[C@@]2(C)Oc2ccc(Br)cc23)c1. The van der Waals surface area contributed by atoms with Gasteiger partial charge in [-0.1, -0.05) is 28.1 Å². The lowest BCUT2D eigenvalue weighted by molar-refractivity contribution is 0.0497. The zero-order valence-electron chi connectivity index (χ0n) is 13.0. The number of nitrogens with zero attached hydrogens (tertiary/aromatic N) is 1. The van der Waals surface area contributed by atoms with Crippen LogP contribution in [0.4, 0.5) is 5.69 Å². The van der Waals surface area contributed by atoms with Crippen molar-refractivity contribution in [2.45, 2.75) is 32.0 Å². The molecular formula is C18H17BrN2OS. The van der Waals surface area contributed by atoms with Gasteiger partial charge in [0, 0.05) is 22.1 Å². The van der Waals surface area contributed by atoms with Gasteiger partial charge in [-0.3, -0.25) is 4.90 Å². The minimum Gasteiger partial charge on any atom is -0.467 e. The quantitative estimate of drug-likeness (QED) is 0.716. The van der Waals surface area contributed by atoms with Crippen molar-refractivity contribution in [1.82, 2.24) is 5.32 Å². The topological polar surface area (TPSA) is 24.5 Å². The van der Waals surface area contributed by atoms with Gasteiger partial charge in [0.05, 0.1) is 6.04 Å². The van der Waals surface area contributed by atoms with Crippen molar-refractivity contribution in [3.8, 4) is 5.75 Å². The Balaban J connectivity index is 1.81. The molecule has 5 heteroatoms. The summed E-state index contributed by atoms with van der Waals surface area (Å²) >= 11 is 9.20. The molecule has 0 aromatic heterocycles. The Labute approximate surface area is 149 Å². The molecule has 0 amide bonds. The number of aryl methyl sites for hydroxylation is 1. The number of halogens is 1. The molecule has 3 nitrogen and oxygen atoms in total. The number of fused-ring (bicyclic) bond motifs is 4. The van der Waals surface area contributed by atoms with Crippen LogP contribution in [0.1, 0.15) is 30.5 Å². The van der Waals surface area contributed by atoms with E-state index in [1.165, 1.54) is 5.56 Å². The second kappa shape index (κ2) is 5.21. The number of rotatable bonds is 1. The van der Waals surface area contributed by atoms with Crippen LogP contribution in [0, 0.1) is 6.92 Å². The molecule has 2 aromatic rings. The zero-order valence-corrected chi connectivity index (χ0v) is 15.4. The average molecular weight is 389 g/mol. The van der Waals surface area contributed by atoms with Crippen molar-refractivity contribution >= 4 is 38.9 Å². The summed E-state index contributed by atoms with van der Waals surface area (Å²) in [4.78, 5) is 2.09. The molecule has 0 aliphatic carbocycles. The lowest BCUT2D eigenvalue weighted by Crippen LogP contribution is -2.65. The van der Waals surface area contributed by atoms with Crippen molar-refractivity contribution in [3.63, 3.8) is 0 Å². The van der Waals surface area contributed by atoms with Crippen molar-refractivity contribution < 1.29 is 4.74 Å². The molecule has 0 unspecified atom stereocenters. The lowest BCUT2D eigenvalue weighted by atomic mass is 9.90. The molecule has 1 fully saturated rings. The Morgan fingerprint density at radius 1 is 1.30 bits per heavy atom. The molecule has 1 N–H and O–H groups in total. The third kappa shape index (κ3) is 2.42. The molecule has 2 aromatic carbocycles. The fraction of sp³-hybridized carbons (Fsp3) is 0.278. The smallest absolute Gasteiger partial charge is 0.188 e. The van der Waals surface area contributed by atoms with E-state index in [1.54, 1.807) is 0 Å². The van der Waals surface area contributed by atoms with Crippen LogP contribution in [0.25, 0.3) is 0 Å². The molecule has 2 aliphatic heterocycles. The number of anilines is 1. The van der Waals surface area contributed by atoms with E-state index in [2.05, 4.69) is 70.3 Å². The first kappa shape index (κ1) is 15.0. The Morgan fingerprint density at radius 3 is 2.91 bits per heavy atom. The first-order chi connectivity index (χ1) is 11.0. The van der Waals surface area contributed by atoms with Gasteiger partial charge in [-0.25, -0.2) is 0 Å². The predicted molar refractivity (Wildman–Crippen MR) is 99.9 cm³/mol. The number of hydrogen-bond acceptors (Lipinski definition) is 2. The maximum atomic E-state index is 6.40. The molecule has 2 bridgehead atoms. The van der Waals surface area contributed by atoms with Crippen LogP contribution in [-0.2, 0) is 0 Å². The van der Waals surface area contributed by atoms with E-state index in [0.717, 1.165) is 27.9 Å². The molecule has 2 atom stereocenters. The number of ether oxygens (including phenoxy) is 1. The van der Waals surface area contributed by atoms with Crippen molar-refractivity contribution in [2.24, 2.45) is 0 Å². The first-order valence-corrected chi connectivity index (χ1v) is 8.82. The Morgan fingerprint density at radius 2 is 2.13 bits per heavy atom. The largest absolute Gasteiger partial charge is 0.467 e. The Kier molecular flexibility index (Phi) is 3.39. The molecule has 23 heavy (non-hydrogen) atoms. The number of benzene rings is 2. The van der Waals surface area contributed by atoms with Gasteiger partial charge in [0.25, 0.3) is 0 Å². The van der Waals surface area contributed by atoms with Crippen LogP contribution < -0.4 is 15.0 Å². The van der Waals surface area contributed by atoms with Gasteiger partial charge < -0.3 is 10.1 Å². The van der Waals surface area contributed by atoms with Crippen LogP contribution in [-0.4, -0.2) is 10.8 Å². The Bertz CT molecular complexity index is 809. The summed E-state index contributed by atoms with van der Waals surface area (Å²) in [5.74, 6) is 0.916. The van der Waals surface area contributed by atoms with Gasteiger partial charge in [-0.15, -0.1) is 0 Å². The summed E-state index contributed by atoms with van der Waals surface area (Å²) in [6, 6.07) is 14.7. The number of nitrogens with one attached hydrogen (secondary N) is 1. The molecule has 1 saturated heterocycles. The molecule has 2 heterocycles. The normalized spacial score (nSPS) is 25.4. The molecule has 0 radical (unpaired) electrons. The Hall–Kier alpha value is -1.59. The fourth-order valence-corrected chi connectivity index (χ4v) is 4.32. The highest BCUT2D eigenvalue weighted by atomic mass is 79.9. The van der Waals surface area contributed by atoms with E-state index in [0.29, 0.717) is 5.11 Å². The van der Waals surface area contributed by atoms with Crippen LogP contribution in [0.3, 0.4) is 0 Å². The molecule has 4 rings (SSSR count). The summed E-state index contributed by atoms with van der Waals surface area (Å²) < 4.78 is 7.45. The fourth-order valence-electron chi connectivity index (χ4n) is 3.50. The highest BCUT2D eigenvalue weighted by Crippen LogP contribution is 2.46. The summed E-state index contributed by atoms with van der Waals surface area (Å²) in [5, 5.41) is 4.19. The van der Waals surface area contributed by atoms with Crippen LogP contribution in [0.5, 0.6) is 5.75 Å². The van der Waals surface area contributed by atoms with Gasteiger partial charge in [0.2, 0.25) is 0 Å². The maximum Gasteiger partial charge on any atom is 0.188 e. The average Bonchev–Trinajstić information content (AvgIpc) is 2.47. The summed E-state index contributed by atoms with van der Waals surface area (Å²) in [6.07, 6.45) is 0.838. The van der Waals surface area contributed by atoms with Gasteiger partial charge in [-0.05, 0) is 62.0 Å². The zero-order chi connectivity index (χ0) is 16.2. The second-order valence-corrected chi connectivity index (χ2v) is 7.64. The molecule has 0 saturated carbocycles. The van der Waals surface area contributed by atoms with Gasteiger partial charge in [0.1, 0.15) is 5.75 Å². The molecule has 2 aliphatic rings. The van der Waals surface area contributed by atoms with Crippen LogP contribution >= 0.6 is 28.1 Å². The molecular weight excluding hydrogens is 372 g/mol. The van der Waals surface area contributed by atoms with Crippen LogP contribution in [0.15, 0.2) is 46.9 Å². The highest BCUT2D eigenvalue weighted by Gasteiger charge is 2.48.